The summed E-state index contributed by atoms with van der Waals surface area (Å²) in [5.41, 5.74) is 1.02. The molecule has 0 saturated carbocycles. The first-order chi connectivity index (χ1) is 9.61. The van der Waals surface area contributed by atoms with Crippen molar-refractivity contribution in [2.45, 2.75) is 10.8 Å². The number of rotatable bonds is 5. The van der Waals surface area contributed by atoms with Crippen molar-refractivity contribution in [1.29, 1.82) is 0 Å². The predicted molar refractivity (Wildman–Crippen MR) is 78.8 cm³/mol. The first-order valence-electron chi connectivity index (χ1n) is 5.75. The number of halogens is 1. The van der Waals surface area contributed by atoms with Gasteiger partial charge in [-0.25, -0.2) is 9.78 Å². The molecule has 0 saturated heterocycles. The van der Waals surface area contributed by atoms with Crippen LogP contribution in [0.1, 0.15) is 15.9 Å². The van der Waals surface area contributed by atoms with Crippen LogP contribution in [0.5, 0.6) is 5.75 Å². The number of ether oxygens (including phenoxy) is 1. The maximum absolute atomic E-state index is 11.0. The van der Waals surface area contributed by atoms with Gasteiger partial charge in [0.15, 0.2) is 0 Å². The van der Waals surface area contributed by atoms with E-state index in [1.807, 2.05) is 0 Å². The second-order valence-corrected chi connectivity index (χ2v) is 5.28. The van der Waals surface area contributed by atoms with Gasteiger partial charge < -0.3 is 9.84 Å². The average molecular weight is 310 g/mol. The molecule has 0 aliphatic heterocycles. The second-order valence-electron chi connectivity index (χ2n) is 3.91. The molecular weight excluding hydrogens is 298 g/mol. The van der Waals surface area contributed by atoms with Crippen LogP contribution in [0.4, 0.5) is 0 Å². The highest BCUT2D eigenvalue weighted by atomic mass is 35.5. The highest BCUT2D eigenvalue weighted by Crippen LogP contribution is 2.31. The molecule has 1 aromatic carbocycles. The van der Waals surface area contributed by atoms with Crippen LogP contribution in [-0.2, 0) is 5.75 Å². The van der Waals surface area contributed by atoms with Gasteiger partial charge in [-0.05, 0) is 30.3 Å². The molecule has 0 amide bonds. The van der Waals surface area contributed by atoms with Crippen LogP contribution in [0.2, 0.25) is 5.02 Å². The predicted octanol–water partition coefficient (Wildman–Crippen LogP) is 3.73. The molecule has 6 heteroatoms. The third kappa shape index (κ3) is 3.43. The van der Waals surface area contributed by atoms with Crippen LogP contribution < -0.4 is 4.74 Å². The van der Waals surface area contributed by atoms with E-state index in [0.29, 0.717) is 21.6 Å². The molecule has 2 rings (SSSR count). The van der Waals surface area contributed by atoms with Crippen molar-refractivity contribution >= 4 is 29.3 Å². The van der Waals surface area contributed by atoms with Crippen molar-refractivity contribution < 1.29 is 14.6 Å². The second kappa shape index (κ2) is 6.63. The number of aromatic nitrogens is 1. The summed E-state index contributed by atoms with van der Waals surface area (Å²) >= 11 is 7.47. The summed E-state index contributed by atoms with van der Waals surface area (Å²) in [6.45, 7) is 0. The highest BCUT2D eigenvalue weighted by Gasteiger charge is 2.10. The Morgan fingerprint density at radius 3 is 2.90 bits per heavy atom. The highest BCUT2D eigenvalue weighted by molar-refractivity contribution is 7.98. The SMILES string of the molecule is COc1ccc(C(=O)O)cc1CSc1ncccc1Cl. The van der Waals surface area contributed by atoms with Crippen LogP contribution >= 0.6 is 23.4 Å². The van der Waals surface area contributed by atoms with Gasteiger partial charge in [0.2, 0.25) is 0 Å². The van der Waals surface area contributed by atoms with Crippen LogP contribution in [0.15, 0.2) is 41.6 Å². The number of carbonyl (C=O) groups is 1. The molecule has 0 fully saturated rings. The molecule has 1 N–H and O–H groups in total. The zero-order valence-electron chi connectivity index (χ0n) is 10.7. The number of benzene rings is 1. The van der Waals surface area contributed by atoms with Gasteiger partial charge in [-0.15, -0.1) is 11.8 Å². The molecule has 0 aliphatic rings. The summed E-state index contributed by atoms with van der Waals surface area (Å²) in [4.78, 5) is 15.2. The Morgan fingerprint density at radius 2 is 2.25 bits per heavy atom. The minimum absolute atomic E-state index is 0.230. The monoisotopic (exact) mass is 309 g/mol. The lowest BCUT2D eigenvalue weighted by Crippen LogP contribution is -1.99. The Bertz CT molecular complexity index is 634. The van der Waals surface area contributed by atoms with Crippen molar-refractivity contribution in [2.24, 2.45) is 0 Å². The molecule has 0 aliphatic carbocycles. The van der Waals surface area contributed by atoms with Crippen LogP contribution in [0.25, 0.3) is 0 Å². The van der Waals surface area contributed by atoms with E-state index < -0.39 is 5.97 Å². The average Bonchev–Trinajstić information content (AvgIpc) is 2.46. The summed E-state index contributed by atoms with van der Waals surface area (Å²) in [7, 11) is 1.55. The third-order valence-electron chi connectivity index (χ3n) is 2.62. The van der Waals surface area contributed by atoms with Gasteiger partial charge >= 0.3 is 5.97 Å². The molecule has 0 bridgehead atoms. The summed E-state index contributed by atoms with van der Waals surface area (Å²) in [5, 5.41) is 10.3. The molecule has 2 aromatic rings. The van der Waals surface area contributed by atoms with Gasteiger partial charge in [0.1, 0.15) is 10.8 Å². The van der Waals surface area contributed by atoms with E-state index in [1.54, 1.807) is 37.6 Å². The van der Waals surface area contributed by atoms with Crippen LogP contribution in [0.3, 0.4) is 0 Å². The first-order valence-corrected chi connectivity index (χ1v) is 7.11. The van der Waals surface area contributed by atoms with E-state index in [2.05, 4.69) is 4.98 Å². The molecule has 0 spiro atoms. The number of methoxy groups -OCH3 is 1. The van der Waals surface area contributed by atoms with Gasteiger partial charge in [-0.2, -0.15) is 0 Å². The number of nitrogens with zero attached hydrogens (tertiary/aromatic N) is 1. The minimum atomic E-state index is -0.963. The molecule has 104 valence electrons. The zero-order chi connectivity index (χ0) is 14.5. The minimum Gasteiger partial charge on any atom is -0.496 e. The third-order valence-corrected chi connectivity index (χ3v) is 4.09. The Hall–Kier alpha value is -1.72. The fourth-order valence-corrected chi connectivity index (χ4v) is 2.79. The van der Waals surface area contributed by atoms with Crippen molar-refractivity contribution in [2.75, 3.05) is 7.11 Å². The summed E-state index contributed by atoms with van der Waals surface area (Å²) in [6.07, 6.45) is 1.67. The normalized spacial score (nSPS) is 10.3. The van der Waals surface area contributed by atoms with E-state index >= 15 is 0 Å². The van der Waals surface area contributed by atoms with Gasteiger partial charge in [0.25, 0.3) is 0 Å². The number of carboxylic acids is 1. The van der Waals surface area contributed by atoms with Crippen molar-refractivity contribution in [3.63, 3.8) is 0 Å². The Kier molecular flexibility index (Phi) is 4.87. The molecule has 0 unspecified atom stereocenters. The summed E-state index contributed by atoms with van der Waals surface area (Å²) in [5.74, 6) is 0.213. The molecule has 4 nitrogen and oxygen atoms in total. The topological polar surface area (TPSA) is 59.4 Å². The maximum atomic E-state index is 11.0. The Balaban J connectivity index is 2.22. The molecule has 0 radical (unpaired) electrons. The fraction of sp³-hybridized carbons (Fsp3) is 0.143. The van der Waals surface area contributed by atoms with Crippen molar-refractivity contribution in [1.82, 2.24) is 4.98 Å². The van der Waals surface area contributed by atoms with E-state index in [0.717, 1.165) is 5.56 Å². The van der Waals surface area contributed by atoms with E-state index in [9.17, 15) is 4.79 Å². The number of carboxylic acid groups (broad SMARTS) is 1. The number of pyridine rings is 1. The number of aromatic carboxylic acids is 1. The van der Waals surface area contributed by atoms with Crippen molar-refractivity contribution in [3.8, 4) is 5.75 Å². The largest absolute Gasteiger partial charge is 0.496 e. The number of hydrogen-bond acceptors (Lipinski definition) is 4. The fourth-order valence-electron chi connectivity index (χ4n) is 1.65. The standard InChI is InChI=1S/C14H12ClNO3S/c1-19-12-5-4-9(14(17)18)7-10(12)8-20-13-11(15)3-2-6-16-13/h2-7H,8H2,1H3,(H,17,18). The molecule has 1 heterocycles. The molecular formula is C14H12ClNO3S. The van der Waals surface area contributed by atoms with Gasteiger partial charge in [0.05, 0.1) is 17.7 Å². The Labute approximate surface area is 125 Å². The zero-order valence-corrected chi connectivity index (χ0v) is 12.2. The lowest BCUT2D eigenvalue weighted by atomic mass is 10.1. The molecule has 20 heavy (non-hydrogen) atoms. The van der Waals surface area contributed by atoms with Crippen LogP contribution in [0, 0.1) is 0 Å². The van der Waals surface area contributed by atoms with E-state index in [-0.39, 0.29) is 5.56 Å². The lowest BCUT2D eigenvalue weighted by molar-refractivity contribution is 0.0696. The van der Waals surface area contributed by atoms with Gasteiger partial charge in [-0.3, -0.25) is 0 Å². The van der Waals surface area contributed by atoms with Gasteiger partial charge in [-0.1, -0.05) is 11.6 Å². The smallest absolute Gasteiger partial charge is 0.335 e. The lowest BCUT2D eigenvalue weighted by Gasteiger charge is -2.09. The number of hydrogen-bond donors (Lipinski definition) is 1. The number of thioether (sulfide) groups is 1. The molecule has 1 aromatic heterocycles. The first kappa shape index (κ1) is 14.7. The van der Waals surface area contributed by atoms with Crippen molar-refractivity contribution in [3.05, 3.63) is 52.7 Å². The van der Waals surface area contributed by atoms with E-state index in [1.165, 1.54) is 17.8 Å². The maximum Gasteiger partial charge on any atom is 0.335 e. The van der Waals surface area contributed by atoms with Crippen LogP contribution in [-0.4, -0.2) is 23.2 Å². The Morgan fingerprint density at radius 1 is 1.45 bits per heavy atom. The summed E-state index contributed by atoms with van der Waals surface area (Å²) in [6, 6.07) is 8.30. The molecule has 0 atom stereocenters. The van der Waals surface area contributed by atoms with Gasteiger partial charge in [0, 0.05) is 17.5 Å². The quantitative estimate of drug-likeness (QED) is 0.853. The van der Waals surface area contributed by atoms with E-state index in [4.69, 9.17) is 21.4 Å². The summed E-state index contributed by atoms with van der Waals surface area (Å²) < 4.78 is 5.24.